The van der Waals surface area contributed by atoms with Crippen LogP contribution in [-0.4, -0.2) is 25.1 Å². The lowest BCUT2D eigenvalue weighted by molar-refractivity contribution is 0.0594. The molecule has 1 aromatic rings. The van der Waals surface area contributed by atoms with Gasteiger partial charge in [0, 0.05) is 7.05 Å². The minimum Gasteiger partial charge on any atom is -0.464 e. The molecule has 0 aliphatic rings. The minimum absolute atomic E-state index is 0.287. The number of hydrogen-bond donors (Lipinski definition) is 1. The van der Waals surface area contributed by atoms with Crippen LogP contribution in [0.4, 0.5) is 5.82 Å². The molecule has 0 aliphatic carbocycles. The average Bonchev–Trinajstić information content (AvgIpc) is 2.17. The number of pyridine rings is 1. The quantitative estimate of drug-likeness (QED) is 0.805. The molecule has 0 saturated carbocycles. The van der Waals surface area contributed by atoms with Crippen LogP contribution in [0.2, 0.25) is 0 Å². The molecule has 0 bridgehead atoms. The molecule has 0 aromatic carbocycles. The summed E-state index contributed by atoms with van der Waals surface area (Å²) in [7, 11) is 3.05. The standard InChI is InChI=1S/C8H9BrN2O2/c1-10-7-5(9)3-4-6(11-7)8(12)13-2/h3-4H,1-2H3,(H,10,11). The second-order valence-electron chi connectivity index (χ2n) is 2.27. The highest BCUT2D eigenvalue weighted by atomic mass is 79.9. The topological polar surface area (TPSA) is 51.2 Å². The molecule has 5 heteroatoms. The fourth-order valence-corrected chi connectivity index (χ4v) is 1.25. The third-order valence-corrected chi connectivity index (χ3v) is 2.12. The zero-order valence-corrected chi connectivity index (χ0v) is 8.88. The number of ether oxygens (including phenoxy) is 1. The molecule has 13 heavy (non-hydrogen) atoms. The monoisotopic (exact) mass is 244 g/mol. The lowest BCUT2D eigenvalue weighted by Gasteiger charge is -2.04. The molecule has 0 spiro atoms. The molecule has 1 rings (SSSR count). The Kier molecular flexibility index (Phi) is 3.25. The highest BCUT2D eigenvalue weighted by Crippen LogP contribution is 2.19. The molecule has 0 amide bonds. The highest BCUT2D eigenvalue weighted by Gasteiger charge is 2.09. The van der Waals surface area contributed by atoms with E-state index in [4.69, 9.17) is 0 Å². The number of carbonyl (C=O) groups excluding carboxylic acids is 1. The van der Waals surface area contributed by atoms with E-state index in [1.54, 1.807) is 19.2 Å². The van der Waals surface area contributed by atoms with Crippen LogP contribution in [0.15, 0.2) is 16.6 Å². The van der Waals surface area contributed by atoms with Crippen LogP contribution >= 0.6 is 15.9 Å². The molecule has 70 valence electrons. The third-order valence-electron chi connectivity index (χ3n) is 1.48. The van der Waals surface area contributed by atoms with Crippen molar-refractivity contribution in [2.45, 2.75) is 0 Å². The summed E-state index contributed by atoms with van der Waals surface area (Å²) in [6, 6.07) is 3.34. The number of aromatic nitrogens is 1. The van der Waals surface area contributed by atoms with Crippen LogP contribution < -0.4 is 5.32 Å². The van der Waals surface area contributed by atoms with Gasteiger partial charge in [-0.15, -0.1) is 0 Å². The van der Waals surface area contributed by atoms with E-state index in [-0.39, 0.29) is 5.69 Å². The number of rotatable bonds is 2. The summed E-state index contributed by atoms with van der Waals surface area (Å²) in [6.07, 6.45) is 0. The number of carbonyl (C=O) groups is 1. The van der Waals surface area contributed by atoms with E-state index in [0.29, 0.717) is 5.82 Å². The third kappa shape index (κ3) is 2.18. The largest absolute Gasteiger partial charge is 0.464 e. The molecule has 0 fully saturated rings. The first-order valence-electron chi connectivity index (χ1n) is 3.61. The molecular weight excluding hydrogens is 236 g/mol. The number of esters is 1. The molecule has 0 radical (unpaired) electrons. The maximum Gasteiger partial charge on any atom is 0.356 e. The lowest BCUT2D eigenvalue weighted by atomic mass is 10.3. The smallest absolute Gasteiger partial charge is 0.356 e. The molecule has 0 unspecified atom stereocenters. The van der Waals surface area contributed by atoms with Crippen molar-refractivity contribution >= 4 is 27.7 Å². The number of anilines is 1. The van der Waals surface area contributed by atoms with Crippen molar-refractivity contribution in [3.05, 3.63) is 22.3 Å². The van der Waals surface area contributed by atoms with Gasteiger partial charge in [0.25, 0.3) is 0 Å². The van der Waals surface area contributed by atoms with Gasteiger partial charge in [-0.05, 0) is 28.1 Å². The van der Waals surface area contributed by atoms with Crippen molar-refractivity contribution in [2.75, 3.05) is 19.5 Å². The first-order valence-corrected chi connectivity index (χ1v) is 4.41. The summed E-state index contributed by atoms with van der Waals surface area (Å²) in [5.74, 6) is 0.173. The van der Waals surface area contributed by atoms with Gasteiger partial charge in [-0.25, -0.2) is 9.78 Å². The fourth-order valence-electron chi connectivity index (χ4n) is 0.836. The van der Waals surface area contributed by atoms with E-state index in [9.17, 15) is 4.79 Å². The van der Waals surface area contributed by atoms with Crippen molar-refractivity contribution in [3.8, 4) is 0 Å². The molecule has 0 saturated heterocycles. The zero-order valence-electron chi connectivity index (χ0n) is 7.30. The fraction of sp³-hybridized carbons (Fsp3) is 0.250. The van der Waals surface area contributed by atoms with E-state index in [0.717, 1.165) is 4.47 Å². The molecule has 1 heterocycles. The van der Waals surface area contributed by atoms with Crippen LogP contribution in [0.5, 0.6) is 0 Å². The van der Waals surface area contributed by atoms with E-state index < -0.39 is 5.97 Å². The Labute approximate surface area is 84.4 Å². The van der Waals surface area contributed by atoms with Gasteiger partial charge < -0.3 is 10.1 Å². The van der Waals surface area contributed by atoms with Gasteiger partial charge in [0.2, 0.25) is 0 Å². The van der Waals surface area contributed by atoms with Crippen LogP contribution in [-0.2, 0) is 4.74 Å². The summed E-state index contributed by atoms with van der Waals surface area (Å²) >= 11 is 3.28. The average molecular weight is 245 g/mol. The highest BCUT2D eigenvalue weighted by molar-refractivity contribution is 9.10. The first-order chi connectivity index (χ1) is 6.19. The summed E-state index contributed by atoms with van der Waals surface area (Å²) in [4.78, 5) is 15.1. The van der Waals surface area contributed by atoms with Gasteiger partial charge in [0.15, 0.2) is 5.69 Å². The zero-order chi connectivity index (χ0) is 9.84. The second kappa shape index (κ2) is 4.23. The molecule has 1 N–H and O–H groups in total. The Morgan fingerprint density at radius 3 is 2.85 bits per heavy atom. The van der Waals surface area contributed by atoms with Crippen molar-refractivity contribution in [1.82, 2.24) is 4.98 Å². The van der Waals surface area contributed by atoms with E-state index in [1.807, 2.05) is 0 Å². The Morgan fingerprint density at radius 1 is 1.62 bits per heavy atom. The number of halogens is 1. The van der Waals surface area contributed by atoms with Gasteiger partial charge in [0.1, 0.15) is 5.82 Å². The molecular formula is C8H9BrN2O2. The van der Waals surface area contributed by atoms with Crippen LogP contribution in [0, 0.1) is 0 Å². The van der Waals surface area contributed by atoms with Crippen molar-refractivity contribution in [1.29, 1.82) is 0 Å². The first kappa shape index (κ1) is 9.98. The van der Waals surface area contributed by atoms with Gasteiger partial charge in [-0.2, -0.15) is 0 Å². The minimum atomic E-state index is -0.441. The second-order valence-corrected chi connectivity index (χ2v) is 3.12. The summed E-state index contributed by atoms with van der Waals surface area (Å²) in [6.45, 7) is 0. The predicted octanol–water partition coefficient (Wildman–Crippen LogP) is 1.67. The predicted molar refractivity (Wildman–Crippen MR) is 52.8 cm³/mol. The van der Waals surface area contributed by atoms with Crippen molar-refractivity contribution in [3.63, 3.8) is 0 Å². The molecule has 4 nitrogen and oxygen atoms in total. The van der Waals surface area contributed by atoms with Crippen LogP contribution in [0.1, 0.15) is 10.5 Å². The summed E-state index contributed by atoms with van der Waals surface area (Å²) < 4.78 is 5.34. The lowest BCUT2D eigenvalue weighted by Crippen LogP contribution is -2.06. The van der Waals surface area contributed by atoms with Crippen molar-refractivity contribution < 1.29 is 9.53 Å². The Balaban J connectivity index is 3.06. The van der Waals surface area contributed by atoms with Crippen LogP contribution in [0.3, 0.4) is 0 Å². The van der Waals surface area contributed by atoms with E-state index >= 15 is 0 Å². The van der Waals surface area contributed by atoms with Gasteiger partial charge in [0.05, 0.1) is 11.6 Å². The normalized spacial score (nSPS) is 9.46. The van der Waals surface area contributed by atoms with Gasteiger partial charge >= 0.3 is 5.97 Å². The number of nitrogens with one attached hydrogen (secondary N) is 1. The van der Waals surface area contributed by atoms with Crippen LogP contribution in [0.25, 0.3) is 0 Å². The maximum absolute atomic E-state index is 11.1. The van der Waals surface area contributed by atoms with Crippen molar-refractivity contribution in [2.24, 2.45) is 0 Å². The Bertz CT molecular complexity index is 328. The van der Waals surface area contributed by atoms with E-state index in [2.05, 4.69) is 31.0 Å². The van der Waals surface area contributed by atoms with Gasteiger partial charge in [-0.1, -0.05) is 0 Å². The Hall–Kier alpha value is -1.10. The molecule has 0 atom stereocenters. The number of nitrogens with zero attached hydrogens (tertiary/aromatic N) is 1. The maximum atomic E-state index is 11.1. The SMILES string of the molecule is CNc1nc(C(=O)OC)ccc1Br. The van der Waals surface area contributed by atoms with E-state index in [1.165, 1.54) is 7.11 Å². The Morgan fingerprint density at radius 2 is 2.31 bits per heavy atom. The number of hydrogen-bond acceptors (Lipinski definition) is 4. The summed E-state index contributed by atoms with van der Waals surface area (Å²) in [5.41, 5.74) is 0.287. The molecule has 1 aromatic heterocycles. The van der Waals surface area contributed by atoms with Gasteiger partial charge in [-0.3, -0.25) is 0 Å². The molecule has 0 aliphatic heterocycles. The summed E-state index contributed by atoms with van der Waals surface area (Å²) in [5, 5.41) is 2.85. The number of methoxy groups -OCH3 is 1.